The van der Waals surface area contributed by atoms with Crippen LogP contribution in [0.4, 0.5) is 8.78 Å². The van der Waals surface area contributed by atoms with Gasteiger partial charge in [-0.1, -0.05) is 0 Å². The van der Waals surface area contributed by atoms with Crippen molar-refractivity contribution < 1.29 is 36.6 Å². The molecule has 0 aromatic heterocycles. The van der Waals surface area contributed by atoms with Gasteiger partial charge >= 0.3 is 11.7 Å². The van der Waals surface area contributed by atoms with Crippen LogP contribution >= 0.6 is 0 Å². The molecule has 0 aliphatic carbocycles. The topological polar surface area (TPSA) is 101 Å². The van der Waals surface area contributed by atoms with Gasteiger partial charge in [0.05, 0.1) is 30.6 Å². The van der Waals surface area contributed by atoms with Crippen LogP contribution in [0.2, 0.25) is 0 Å². The summed E-state index contributed by atoms with van der Waals surface area (Å²) in [5.74, 6) is -5.13. The minimum atomic E-state index is -4.73. The summed E-state index contributed by atoms with van der Waals surface area (Å²) in [5, 5.41) is 8.88. The number of benzene rings is 1. The first-order valence-electron chi connectivity index (χ1n) is 6.96. The van der Waals surface area contributed by atoms with Crippen molar-refractivity contribution in [2.45, 2.75) is 23.1 Å². The predicted octanol–water partition coefficient (Wildman–Crippen LogP) is 0.999. The second-order valence-corrected chi connectivity index (χ2v) is 7.07. The number of morpholine rings is 1. The first kappa shape index (κ1) is 18.3. The number of carbonyl (C=O) groups excluding carboxylic acids is 1. The zero-order valence-corrected chi connectivity index (χ0v) is 13.2. The predicted molar refractivity (Wildman–Crippen MR) is 77.5 cm³/mol. The van der Waals surface area contributed by atoms with Crippen molar-refractivity contribution in [2.24, 2.45) is 0 Å². The molecule has 1 amide bonds. The summed E-state index contributed by atoms with van der Waals surface area (Å²) in [5.41, 5.74) is 0.0838. The average Bonchev–Trinajstić information content (AvgIpc) is 2.54. The number of carbonyl (C=O) groups is 2. The highest BCUT2D eigenvalue weighted by Crippen LogP contribution is 2.20. The molecule has 24 heavy (non-hydrogen) atoms. The van der Waals surface area contributed by atoms with Gasteiger partial charge in [-0.05, 0) is 24.3 Å². The number of hydrogen-bond acceptors (Lipinski definition) is 5. The van der Waals surface area contributed by atoms with Crippen molar-refractivity contribution >= 4 is 21.7 Å². The van der Waals surface area contributed by atoms with E-state index in [0.717, 1.165) is 24.3 Å². The molecule has 10 heteroatoms. The van der Waals surface area contributed by atoms with Crippen LogP contribution in [0.1, 0.15) is 16.8 Å². The summed E-state index contributed by atoms with van der Waals surface area (Å²) in [6.07, 6.45) is -0.288. The van der Waals surface area contributed by atoms with Gasteiger partial charge in [0.15, 0.2) is 0 Å². The molecule has 1 fully saturated rings. The summed E-state index contributed by atoms with van der Waals surface area (Å²) < 4.78 is 52.9. The van der Waals surface area contributed by atoms with Crippen molar-refractivity contribution in [3.05, 3.63) is 29.8 Å². The fraction of sp³-hybridized carbons (Fsp3) is 0.429. The van der Waals surface area contributed by atoms with Crippen LogP contribution in [-0.4, -0.2) is 61.9 Å². The van der Waals surface area contributed by atoms with E-state index in [4.69, 9.17) is 9.84 Å². The van der Waals surface area contributed by atoms with Crippen LogP contribution in [-0.2, 0) is 19.4 Å². The highest BCUT2D eigenvalue weighted by molar-refractivity contribution is 7.91. The van der Waals surface area contributed by atoms with Gasteiger partial charge in [-0.15, -0.1) is 0 Å². The van der Waals surface area contributed by atoms with Gasteiger partial charge in [0.2, 0.25) is 9.84 Å². The lowest BCUT2D eigenvalue weighted by molar-refractivity contribution is -0.139. The van der Waals surface area contributed by atoms with Gasteiger partial charge < -0.3 is 14.7 Å². The first-order chi connectivity index (χ1) is 11.2. The second-order valence-electron chi connectivity index (χ2n) is 5.16. The number of aliphatic carboxylic acids is 1. The average molecular weight is 363 g/mol. The third-order valence-corrected chi connectivity index (χ3v) is 4.96. The Morgan fingerprint density at radius 1 is 1.29 bits per heavy atom. The third kappa shape index (κ3) is 3.88. The smallest absolute Gasteiger partial charge is 0.341 e. The second kappa shape index (κ2) is 7.22. The number of rotatable bonds is 5. The molecule has 1 unspecified atom stereocenters. The Labute approximate surface area is 136 Å². The maximum absolute atomic E-state index is 12.5. The van der Waals surface area contributed by atoms with Crippen molar-refractivity contribution in [1.82, 2.24) is 4.90 Å². The van der Waals surface area contributed by atoms with Gasteiger partial charge in [0.1, 0.15) is 0 Å². The standard InChI is InChI=1S/C14H15F2NO6S/c15-14(16)24(21,22)11-3-1-9(2-4-11)13(20)17-5-6-23-8-10(17)7-12(18)19/h1-4,10,14H,5-8H2,(H,18,19). The number of ether oxygens (including phenoxy) is 1. The molecule has 1 aromatic carbocycles. The van der Waals surface area contributed by atoms with E-state index in [1.54, 1.807) is 0 Å². The Morgan fingerprint density at radius 2 is 1.92 bits per heavy atom. The maximum atomic E-state index is 12.5. The Bertz CT molecular complexity index is 719. The van der Waals surface area contributed by atoms with E-state index in [1.165, 1.54) is 4.90 Å². The van der Waals surface area contributed by atoms with Crippen molar-refractivity contribution in [1.29, 1.82) is 0 Å². The van der Waals surface area contributed by atoms with E-state index in [1.807, 2.05) is 0 Å². The minimum Gasteiger partial charge on any atom is -0.481 e. The fourth-order valence-corrected chi connectivity index (χ4v) is 3.07. The number of sulfone groups is 1. The molecule has 1 aliphatic rings. The van der Waals surface area contributed by atoms with E-state index < -0.39 is 38.4 Å². The van der Waals surface area contributed by atoms with Crippen LogP contribution in [0.15, 0.2) is 29.2 Å². The highest BCUT2D eigenvalue weighted by Gasteiger charge is 2.31. The number of alkyl halides is 2. The number of amides is 1. The third-order valence-electron chi connectivity index (χ3n) is 3.56. The first-order valence-corrected chi connectivity index (χ1v) is 8.50. The molecule has 0 spiro atoms. The summed E-state index contributed by atoms with van der Waals surface area (Å²) in [6.45, 7) is 0.517. The van der Waals surface area contributed by atoms with Crippen LogP contribution in [0.3, 0.4) is 0 Å². The number of nitrogens with zero attached hydrogens (tertiary/aromatic N) is 1. The molecule has 1 N–H and O–H groups in total. The van der Waals surface area contributed by atoms with E-state index in [0.29, 0.717) is 0 Å². The van der Waals surface area contributed by atoms with Crippen LogP contribution in [0, 0.1) is 0 Å². The number of halogens is 2. The summed E-state index contributed by atoms with van der Waals surface area (Å²) in [4.78, 5) is 24.1. The lowest BCUT2D eigenvalue weighted by atomic mass is 10.1. The van der Waals surface area contributed by atoms with Gasteiger partial charge in [-0.3, -0.25) is 9.59 Å². The highest BCUT2D eigenvalue weighted by atomic mass is 32.2. The molecular weight excluding hydrogens is 348 g/mol. The van der Waals surface area contributed by atoms with Crippen molar-refractivity contribution in [3.8, 4) is 0 Å². The normalized spacial score (nSPS) is 18.6. The molecule has 0 saturated carbocycles. The van der Waals surface area contributed by atoms with Crippen LogP contribution in [0.25, 0.3) is 0 Å². The lowest BCUT2D eigenvalue weighted by Gasteiger charge is -2.34. The largest absolute Gasteiger partial charge is 0.481 e. The maximum Gasteiger partial charge on any atom is 0.341 e. The van der Waals surface area contributed by atoms with Gasteiger partial charge in [-0.25, -0.2) is 8.42 Å². The molecular formula is C14H15F2NO6S. The molecule has 7 nitrogen and oxygen atoms in total. The number of carboxylic acids is 1. The molecule has 1 aromatic rings. The Hall–Kier alpha value is -2.07. The van der Waals surface area contributed by atoms with E-state index >= 15 is 0 Å². The van der Waals surface area contributed by atoms with Crippen molar-refractivity contribution in [3.63, 3.8) is 0 Å². The lowest BCUT2D eigenvalue weighted by Crippen LogP contribution is -2.49. The Kier molecular flexibility index (Phi) is 5.50. The SMILES string of the molecule is O=C(O)CC1COCCN1C(=O)c1ccc(S(=O)(=O)C(F)F)cc1. The quantitative estimate of drug-likeness (QED) is 0.838. The molecule has 132 valence electrons. The summed E-state index contributed by atoms with van der Waals surface area (Å²) in [6, 6.07) is 3.48. The van der Waals surface area contributed by atoms with Crippen LogP contribution in [0.5, 0.6) is 0 Å². The van der Waals surface area contributed by atoms with Gasteiger partial charge in [-0.2, -0.15) is 8.78 Å². The molecule has 0 bridgehead atoms. The molecule has 0 radical (unpaired) electrons. The van der Waals surface area contributed by atoms with Crippen LogP contribution < -0.4 is 0 Å². The number of carboxylic acid groups (broad SMARTS) is 1. The molecule has 1 atom stereocenters. The molecule has 1 heterocycles. The zero-order valence-electron chi connectivity index (χ0n) is 12.4. The molecule has 1 saturated heterocycles. The van der Waals surface area contributed by atoms with Gasteiger partial charge in [0, 0.05) is 12.1 Å². The zero-order chi connectivity index (χ0) is 17.9. The van der Waals surface area contributed by atoms with Gasteiger partial charge in [0.25, 0.3) is 5.91 Å². The molecule has 2 rings (SSSR count). The van der Waals surface area contributed by atoms with E-state index in [2.05, 4.69) is 0 Å². The monoisotopic (exact) mass is 363 g/mol. The summed E-state index contributed by atoms with van der Waals surface area (Å²) >= 11 is 0. The number of hydrogen-bond donors (Lipinski definition) is 1. The Balaban J connectivity index is 2.21. The van der Waals surface area contributed by atoms with E-state index in [-0.39, 0.29) is 31.7 Å². The van der Waals surface area contributed by atoms with Crippen molar-refractivity contribution in [2.75, 3.05) is 19.8 Å². The fourth-order valence-electron chi connectivity index (χ4n) is 2.35. The van der Waals surface area contributed by atoms with E-state index in [9.17, 15) is 26.8 Å². The summed E-state index contributed by atoms with van der Waals surface area (Å²) in [7, 11) is -4.73. The minimum absolute atomic E-state index is 0.0793. The Morgan fingerprint density at radius 3 is 2.46 bits per heavy atom. The molecule has 1 aliphatic heterocycles.